The maximum Gasteiger partial charge on any atom is 0.150 e. The molecule has 1 unspecified atom stereocenters. The number of aliphatic hydroxyl groups excluding tert-OH is 1. The van der Waals surface area contributed by atoms with Gasteiger partial charge in [-0.2, -0.15) is 0 Å². The number of Topliss-reactive ketones (excluding diaryl/α,β-unsaturated/α-hetero) is 1. The number of aromatic nitrogens is 1. The summed E-state index contributed by atoms with van der Waals surface area (Å²) in [6.45, 7) is 0.0439. The number of hydrogen-bond donors (Lipinski definition) is 2. The standard InChI is InChI=1S/C25H24F3NO2/c26-18-5-3-14(4-6-18)24-23(20-10-19(27)11-21(28)25(20)29-24)16-7-15(8-16)22(31)9-17(12-30)13-1-2-13/h3-6,10-11,13,15-17,29-30H,1-2,7-9,12H2. The van der Waals surface area contributed by atoms with Crippen molar-refractivity contribution in [2.45, 2.75) is 38.0 Å². The number of benzene rings is 2. The van der Waals surface area contributed by atoms with Gasteiger partial charge in [0, 0.05) is 30.4 Å². The molecule has 2 aliphatic rings. The summed E-state index contributed by atoms with van der Waals surface area (Å²) in [7, 11) is 0. The average molecular weight is 427 g/mol. The van der Waals surface area contributed by atoms with Crippen molar-refractivity contribution in [1.29, 1.82) is 0 Å². The van der Waals surface area contributed by atoms with Crippen LogP contribution in [0.1, 0.15) is 43.6 Å². The quantitative estimate of drug-likeness (QED) is 0.506. The normalized spacial score (nSPS) is 21.8. The van der Waals surface area contributed by atoms with E-state index in [4.69, 9.17) is 0 Å². The van der Waals surface area contributed by atoms with Crippen molar-refractivity contribution >= 4 is 16.7 Å². The van der Waals surface area contributed by atoms with Crippen molar-refractivity contribution in [1.82, 2.24) is 4.98 Å². The lowest BCUT2D eigenvalue weighted by Gasteiger charge is -2.35. The molecule has 0 radical (unpaired) electrons. The zero-order valence-electron chi connectivity index (χ0n) is 17.0. The van der Waals surface area contributed by atoms with Gasteiger partial charge in [0.05, 0.1) is 11.2 Å². The number of H-pyrrole nitrogens is 1. The number of carbonyl (C=O) groups is 1. The Kier molecular flexibility index (Phi) is 5.13. The Labute approximate surface area is 178 Å². The zero-order valence-corrected chi connectivity index (χ0v) is 17.0. The van der Waals surface area contributed by atoms with Crippen molar-refractivity contribution in [3.05, 3.63) is 59.4 Å². The first-order valence-corrected chi connectivity index (χ1v) is 10.8. The van der Waals surface area contributed by atoms with Crippen LogP contribution in [0.3, 0.4) is 0 Å². The van der Waals surface area contributed by atoms with Gasteiger partial charge in [0.15, 0.2) is 0 Å². The highest BCUT2D eigenvalue weighted by atomic mass is 19.1. The number of aliphatic hydroxyl groups is 1. The second-order valence-corrected chi connectivity index (χ2v) is 9.05. The molecule has 2 saturated carbocycles. The number of aromatic amines is 1. The minimum atomic E-state index is -0.674. The smallest absolute Gasteiger partial charge is 0.150 e. The van der Waals surface area contributed by atoms with Crippen LogP contribution in [0.4, 0.5) is 13.2 Å². The third kappa shape index (κ3) is 3.78. The number of nitrogens with one attached hydrogen (secondary N) is 1. The zero-order chi connectivity index (χ0) is 21.7. The monoisotopic (exact) mass is 427 g/mol. The highest BCUT2D eigenvalue weighted by Crippen LogP contribution is 2.49. The molecule has 31 heavy (non-hydrogen) atoms. The van der Waals surface area contributed by atoms with E-state index in [0.29, 0.717) is 41.8 Å². The lowest BCUT2D eigenvalue weighted by molar-refractivity contribution is -0.127. The molecule has 3 aromatic rings. The maximum absolute atomic E-state index is 14.5. The number of ketones is 1. The molecule has 2 fully saturated rings. The molecule has 1 heterocycles. The van der Waals surface area contributed by atoms with Crippen molar-refractivity contribution in [2.24, 2.45) is 17.8 Å². The lowest BCUT2D eigenvalue weighted by Crippen LogP contribution is -2.31. The van der Waals surface area contributed by atoms with E-state index in [2.05, 4.69) is 4.98 Å². The molecule has 0 saturated heterocycles. The van der Waals surface area contributed by atoms with E-state index in [1.54, 1.807) is 12.1 Å². The summed E-state index contributed by atoms with van der Waals surface area (Å²) in [5.74, 6) is -1.12. The van der Waals surface area contributed by atoms with Gasteiger partial charge in [0.1, 0.15) is 23.2 Å². The Morgan fingerprint density at radius 1 is 1.06 bits per heavy atom. The van der Waals surface area contributed by atoms with Crippen LogP contribution in [-0.4, -0.2) is 22.5 Å². The Morgan fingerprint density at radius 3 is 2.42 bits per heavy atom. The molecule has 5 rings (SSSR count). The number of halogens is 3. The fourth-order valence-corrected chi connectivity index (χ4v) is 5.00. The van der Waals surface area contributed by atoms with Gasteiger partial charge in [0.2, 0.25) is 0 Å². The van der Waals surface area contributed by atoms with E-state index in [1.807, 2.05) is 0 Å². The van der Waals surface area contributed by atoms with Gasteiger partial charge in [0.25, 0.3) is 0 Å². The first-order valence-electron chi connectivity index (χ1n) is 10.8. The van der Waals surface area contributed by atoms with Crippen LogP contribution in [0.2, 0.25) is 0 Å². The molecular weight excluding hydrogens is 403 g/mol. The second kappa shape index (κ2) is 7.83. The summed E-state index contributed by atoms with van der Waals surface area (Å²) in [4.78, 5) is 15.8. The van der Waals surface area contributed by atoms with Crippen LogP contribution in [0.15, 0.2) is 36.4 Å². The van der Waals surface area contributed by atoms with Crippen LogP contribution in [0, 0.1) is 35.2 Å². The minimum Gasteiger partial charge on any atom is -0.396 e. The first kappa shape index (κ1) is 20.3. The average Bonchev–Trinajstić information content (AvgIpc) is 3.48. The van der Waals surface area contributed by atoms with Crippen molar-refractivity contribution < 1.29 is 23.1 Å². The summed E-state index contributed by atoms with van der Waals surface area (Å²) >= 11 is 0. The number of fused-ring (bicyclic) bond motifs is 1. The SMILES string of the molecule is O=C(CC(CO)C1CC1)C1CC(c2c(-c3ccc(F)cc3)[nH]c3c(F)cc(F)cc23)C1. The Balaban J connectivity index is 1.44. The molecule has 0 aliphatic heterocycles. The van der Waals surface area contributed by atoms with E-state index in [-0.39, 0.29) is 41.5 Å². The topological polar surface area (TPSA) is 53.1 Å². The fourth-order valence-electron chi connectivity index (χ4n) is 5.00. The van der Waals surface area contributed by atoms with Crippen molar-refractivity contribution in [3.8, 4) is 11.3 Å². The second-order valence-electron chi connectivity index (χ2n) is 9.05. The van der Waals surface area contributed by atoms with Crippen molar-refractivity contribution in [3.63, 3.8) is 0 Å². The number of rotatable bonds is 7. The summed E-state index contributed by atoms with van der Waals surface area (Å²) < 4.78 is 41.9. The molecule has 1 aromatic heterocycles. The van der Waals surface area contributed by atoms with E-state index in [1.165, 1.54) is 18.2 Å². The van der Waals surface area contributed by atoms with Crippen LogP contribution in [-0.2, 0) is 4.79 Å². The van der Waals surface area contributed by atoms with Gasteiger partial charge >= 0.3 is 0 Å². The summed E-state index contributed by atoms with van der Waals surface area (Å²) in [5, 5.41) is 10.0. The molecule has 0 spiro atoms. The van der Waals surface area contributed by atoms with Crippen LogP contribution >= 0.6 is 0 Å². The molecular formula is C25H24F3NO2. The Hall–Kier alpha value is -2.60. The number of hydrogen-bond acceptors (Lipinski definition) is 2. The highest BCUT2D eigenvalue weighted by Gasteiger charge is 2.40. The third-order valence-electron chi connectivity index (χ3n) is 6.99. The molecule has 3 nitrogen and oxygen atoms in total. The van der Waals surface area contributed by atoms with Crippen LogP contribution in [0.5, 0.6) is 0 Å². The van der Waals surface area contributed by atoms with E-state index >= 15 is 0 Å². The Bertz CT molecular complexity index is 1130. The number of carbonyl (C=O) groups excluding carboxylic acids is 1. The highest BCUT2D eigenvalue weighted by molar-refractivity contribution is 5.92. The van der Waals surface area contributed by atoms with Gasteiger partial charge in [-0.15, -0.1) is 0 Å². The molecule has 0 bridgehead atoms. The minimum absolute atomic E-state index is 0.0162. The van der Waals surface area contributed by atoms with Crippen LogP contribution in [0.25, 0.3) is 22.2 Å². The van der Waals surface area contributed by atoms with E-state index in [0.717, 1.165) is 24.5 Å². The molecule has 0 amide bonds. The van der Waals surface area contributed by atoms with Gasteiger partial charge in [-0.3, -0.25) is 4.79 Å². The summed E-state index contributed by atoms with van der Waals surface area (Å²) in [6.07, 6.45) is 3.79. The molecule has 162 valence electrons. The fraction of sp³-hybridized carbons (Fsp3) is 0.400. The van der Waals surface area contributed by atoms with Gasteiger partial charge in [-0.05, 0) is 84.9 Å². The van der Waals surface area contributed by atoms with Gasteiger partial charge < -0.3 is 10.1 Å². The van der Waals surface area contributed by atoms with Crippen molar-refractivity contribution in [2.75, 3.05) is 6.61 Å². The molecule has 2 aromatic carbocycles. The first-order chi connectivity index (χ1) is 14.9. The molecule has 6 heteroatoms. The molecule has 2 aliphatic carbocycles. The largest absolute Gasteiger partial charge is 0.396 e. The van der Waals surface area contributed by atoms with Gasteiger partial charge in [-0.1, -0.05) is 0 Å². The summed E-state index contributed by atoms with van der Waals surface area (Å²) in [6, 6.07) is 8.06. The lowest BCUT2D eigenvalue weighted by atomic mass is 9.67. The predicted molar refractivity (Wildman–Crippen MR) is 112 cm³/mol. The predicted octanol–water partition coefficient (Wildman–Crippen LogP) is 5.72. The molecule has 1 atom stereocenters. The Morgan fingerprint density at radius 2 is 1.77 bits per heavy atom. The van der Waals surface area contributed by atoms with Gasteiger partial charge in [-0.25, -0.2) is 13.2 Å². The molecule has 2 N–H and O–H groups in total. The summed E-state index contributed by atoms with van der Waals surface area (Å²) in [5.41, 5.74) is 2.34. The van der Waals surface area contributed by atoms with Crippen LogP contribution < -0.4 is 0 Å². The van der Waals surface area contributed by atoms with E-state index in [9.17, 15) is 23.1 Å². The van der Waals surface area contributed by atoms with E-state index < -0.39 is 11.6 Å². The third-order valence-corrected chi connectivity index (χ3v) is 6.99. The maximum atomic E-state index is 14.5.